The van der Waals surface area contributed by atoms with E-state index in [0.717, 1.165) is 17.0 Å². The van der Waals surface area contributed by atoms with Crippen molar-refractivity contribution < 1.29 is 13.2 Å². The summed E-state index contributed by atoms with van der Waals surface area (Å²) >= 11 is 5.87. The van der Waals surface area contributed by atoms with Crippen molar-refractivity contribution in [3.05, 3.63) is 46.2 Å². The Morgan fingerprint density at radius 3 is 2.57 bits per heavy atom. The molecule has 0 aliphatic rings. The van der Waals surface area contributed by atoms with Crippen molar-refractivity contribution in [1.29, 1.82) is 0 Å². The SMILES string of the molecule is COc1ccc(Cl)cc1S(=O)(=O)NCc1cc(C)[nH]c1C. The van der Waals surface area contributed by atoms with Gasteiger partial charge in [0.2, 0.25) is 10.0 Å². The first kappa shape index (κ1) is 15.9. The molecule has 2 rings (SSSR count). The van der Waals surface area contributed by atoms with E-state index in [-0.39, 0.29) is 17.2 Å². The van der Waals surface area contributed by atoms with Gasteiger partial charge in [-0.15, -0.1) is 0 Å². The fourth-order valence-corrected chi connectivity index (χ4v) is 3.51. The van der Waals surface area contributed by atoms with E-state index in [9.17, 15) is 8.42 Å². The molecule has 0 spiro atoms. The average Bonchev–Trinajstić information content (AvgIpc) is 2.75. The average molecular weight is 329 g/mol. The van der Waals surface area contributed by atoms with Gasteiger partial charge in [-0.2, -0.15) is 0 Å². The van der Waals surface area contributed by atoms with Gasteiger partial charge in [-0.05, 0) is 43.7 Å². The van der Waals surface area contributed by atoms with E-state index in [1.165, 1.54) is 19.2 Å². The van der Waals surface area contributed by atoms with Crippen LogP contribution in [0.15, 0.2) is 29.2 Å². The van der Waals surface area contributed by atoms with E-state index < -0.39 is 10.0 Å². The summed E-state index contributed by atoms with van der Waals surface area (Å²) in [4.78, 5) is 3.16. The maximum absolute atomic E-state index is 12.4. The van der Waals surface area contributed by atoms with Crippen molar-refractivity contribution in [2.45, 2.75) is 25.3 Å². The Hall–Kier alpha value is -1.50. The molecule has 7 heteroatoms. The van der Waals surface area contributed by atoms with Gasteiger partial charge in [-0.3, -0.25) is 0 Å². The molecule has 1 aromatic carbocycles. The minimum absolute atomic E-state index is 0.0300. The summed E-state index contributed by atoms with van der Waals surface area (Å²) in [7, 11) is -2.29. The summed E-state index contributed by atoms with van der Waals surface area (Å²) in [5, 5.41) is 0.338. The van der Waals surface area contributed by atoms with Crippen LogP contribution >= 0.6 is 11.6 Å². The van der Waals surface area contributed by atoms with Crippen molar-refractivity contribution in [1.82, 2.24) is 9.71 Å². The molecule has 1 heterocycles. The number of benzene rings is 1. The lowest BCUT2D eigenvalue weighted by molar-refractivity contribution is 0.402. The van der Waals surface area contributed by atoms with Gasteiger partial charge in [0.25, 0.3) is 0 Å². The van der Waals surface area contributed by atoms with Crippen molar-refractivity contribution >= 4 is 21.6 Å². The van der Waals surface area contributed by atoms with Crippen LogP contribution in [0.4, 0.5) is 0 Å². The fraction of sp³-hybridized carbons (Fsp3) is 0.286. The quantitative estimate of drug-likeness (QED) is 0.886. The summed E-state index contributed by atoms with van der Waals surface area (Å²) in [5.74, 6) is 0.258. The van der Waals surface area contributed by atoms with E-state index >= 15 is 0 Å². The lowest BCUT2D eigenvalue weighted by Crippen LogP contribution is -2.24. The van der Waals surface area contributed by atoms with Gasteiger partial charge in [0.15, 0.2) is 0 Å². The first-order valence-corrected chi connectivity index (χ1v) is 8.18. The van der Waals surface area contributed by atoms with Crippen LogP contribution in [0, 0.1) is 13.8 Å². The largest absolute Gasteiger partial charge is 0.495 e. The smallest absolute Gasteiger partial charge is 0.244 e. The Balaban J connectivity index is 2.26. The molecule has 2 N–H and O–H groups in total. The number of halogens is 1. The third-order valence-corrected chi connectivity index (χ3v) is 4.78. The predicted molar refractivity (Wildman–Crippen MR) is 82.3 cm³/mol. The van der Waals surface area contributed by atoms with E-state index in [0.29, 0.717) is 5.02 Å². The van der Waals surface area contributed by atoms with Crippen LogP contribution < -0.4 is 9.46 Å². The fourth-order valence-electron chi connectivity index (χ4n) is 2.08. The van der Waals surface area contributed by atoms with Crippen molar-refractivity contribution in [3.8, 4) is 5.75 Å². The Labute approximate surface area is 129 Å². The minimum Gasteiger partial charge on any atom is -0.495 e. The number of aromatic nitrogens is 1. The molecule has 0 bridgehead atoms. The van der Waals surface area contributed by atoms with Crippen LogP contribution in [0.2, 0.25) is 5.02 Å². The van der Waals surface area contributed by atoms with Gasteiger partial charge >= 0.3 is 0 Å². The van der Waals surface area contributed by atoms with Gasteiger partial charge in [0, 0.05) is 23.0 Å². The Morgan fingerprint density at radius 1 is 1.29 bits per heavy atom. The second-order valence-corrected chi connectivity index (χ2v) is 6.89. The zero-order valence-electron chi connectivity index (χ0n) is 12.0. The van der Waals surface area contributed by atoms with E-state index in [1.54, 1.807) is 6.07 Å². The zero-order chi connectivity index (χ0) is 15.6. The highest BCUT2D eigenvalue weighted by atomic mass is 35.5. The van der Waals surface area contributed by atoms with Gasteiger partial charge in [0.1, 0.15) is 10.6 Å². The monoisotopic (exact) mass is 328 g/mol. The van der Waals surface area contributed by atoms with Crippen LogP contribution in [-0.2, 0) is 16.6 Å². The van der Waals surface area contributed by atoms with Crippen LogP contribution in [0.3, 0.4) is 0 Å². The highest BCUT2D eigenvalue weighted by Crippen LogP contribution is 2.27. The third-order valence-electron chi connectivity index (χ3n) is 3.12. The molecule has 2 aromatic rings. The summed E-state index contributed by atoms with van der Waals surface area (Å²) < 4.78 is 32.4. The molecule has 114 valence electrons. The van der Waals surface area contributed by atoms with E-state index in [2.05, 4.69) is 9.71 Å². The molecular formula is C14H17ClN2O3S. The number of methoxy groups -OCH3 is 1. The number of H-pyrrole nitrogens is 1. The third kappa shape index (κ3) is 3.58. The van der Waals surface area contributed by atoms with Crippen LogP contribution in [0.5, 0.6) is 5.75 Å². The number of sulfonamides is 1. The van der Waals surface area contributed by atoms with Crippen LogP contribution in [0.25, 0.3) is 0 Å². The van der Waals surface area contributed by atoms with Crippen molar-refractivity contribution in [3.63, 3.8) is 0 Å². The first-order chi connectivity index (χ1) is 9.83. The standard InChI is InChI=1S/C14H17ClN2O3S/c1-9-6-11(10(2)17-9)8-16-21(18,19)14-7-12(15)4-5-13(14)20-3/h4-7,16-17H,8H2,1-3H3. The van der Waals surface area contributed by atoms with Gasteiger partial charge in [-0.25, -0.2) is 13.1 Å². The van der Waals surface area contributed by atoms with Gasteiger partial charge in [0.05, 0.1) is 7.11 Å². The zero-order valence-corrected chi connectivity index (χ0v) is 13.6. The predicted octanol–water partition coefficient (Wildman–Crippen LogP) is 2.77. The summed E-state index contributed by atoms with van der Waals surface area (Å²) in [6, 6.07) is 6.40. The first-order valence-electron chi connectivity index (χ1n) is 6.32. The Kier molecular flexibility index (Phi) is 4.61. The molecule has 0 unspecified atom stereocenters. The van der Waals surface area contributed by atoms with Crippen molar-refractivity contribution in [2.24, 2.45) is 0 Å². The highest BCUT2D eigenvalue weighted by Gasteiger charge is 2.20. The topological polar surface area (TPSA) is 71.2 Å². The lowest BCUT2D eigenvalue weighted by atomic mass is 10.2. The van der Waals surface area contributed by atoms with Crippen LogP contribution in [-0.4, -0.2) is 20.5 Å². The Morgan fingerprint density at radius 2 is 2.00 bits per heavy atom. The molecule has 0 aliphatic heterocycles. The second-order valence-electron chi connectivity index (χ2n) is 4.72. The minimum atomic E-state index is -3.70. The number of hydrogen-bond acceptors (Lipinski definition) is 3. The lowest BCUT2D eigenvalue weighted by Gasteiger charge is -2.11. The number of aromatic amines is 1. The Bertz CT molecular complexity index is 754. The molecule has 0 radical (unpaired) electrons. The maximum Gasteiger partial charge on any atom is 0.244 e. The molecular weight excluding hydrogens is 312 g/mol. The molecule has 0 saturated carbocycles. The number of hydrogen-bond donors (Lipinski definition) is 2. The molecule has 21 heavy (non-hydrogen) atoms. The second kappa shape index (κ2) is 6.09. The maximum atomic E-state index is 12.4. The van der Waals surface area contributed by atoms with Gasteiger partial charge < -0.3 is 9.72 Å². The van der Waals surface area contributed by atoms with Gasteiger partial charge in [-0.1, -0.05) is 11.6 Å². The summed E-state index contributed by atoms with van der Waals surface area (Å²) in [5.41, 5.74) is 2.83. The van der Waals surface area contributed by atoms with E-state index in [4.69, 9.17) is 16.3 Å². The normalized spacial score (nSPS) is 11.6. The summed E-state index contributed by atoms with van der Waals surface area (Å²) in [6.45, 7) is 4.02. The van der Waals surface area contributed by atoms with E-state index in [1.807, 2.05) is 19.9 Å². The molecule has 0 amide bonds. The summed E-state index contributed by atoms with van der Waals surface area (Å²) in [6.07, 6.45) is 0. The van der Waals surface area contributed by atoms with Crippen molar-refractivity contribution in [2.75, 3.05) is 7.11 Å². The number of ether oxygens (including phenoxy) is 1. The molecule has 0 fully saturated rings. The molecule has 0 aliphatic carbocycles. The van der Waals surface area contributed by atoms with Crippen LogP contribution in [0.1, 0.15) is 17.0 Å². The number of aryl methyl sites for hydroxylation is 2. The number of nitrogens with one attached hydrogen (secondary N) is 2. The highest BCUT2D eigenvalue weighted by molar-refractivity contribution is 7.89. The number of rotatable bonds is 5. The molecule has 1 aromatic heterocycles. The molecule has 0 atom stereocenters. The molecule has 5 nitrogen and oxygen atoms in total. The molecule has 0 saturated heterocycles.